The maximum Gasteiger partial charge on any atom is 0.186 e. The molecule has 0 aliphatic heterocycles. The molecule has 0 aromatic carbocycles. The van der Waals surface area contributed by atoms with Crippen molar-refractivity contribution in [3.63, 3.8) is 0 Å². The smallest absolute Gasteiger partial charge is 0.186 e. The van der Waals surface area contributed by atoms with Gasteiger partial charge >= 0.3 is 0 Å². The van der Waals surface area contributed by atoms with Gasteiger partial charge < -0.3 is 17.7 Å². The van der Waals surface area contributed by atoms with Gasteiger partial charge in [-0.05, 0) is 85.0 Å². The molecule has 4 nitrogen and oxygen atoms in total. The summed E-state index contributed by atoms with van der Waals surface area (Å²) in [5.41, 5.74) is 2.38. The highest BCUT2D eigenvalue weighted by Gasteiger charge is 2.27. The highest BCUT2D eigenvalue weighted by Crippen LogP contribution is 2.16. The first-order valence-corrected chi connectivity index (χ1v) is 27.8. The summed E-state index contributed by atoms with van der Waals surface area (Å²) >= 11 is 0. The molecule has 0 aliphatic rings. The van der Waals surface area contributed by atoms with E-state index >= 15 is 0 Å². The SMILES string of the molecule is C[Si](C)(C)OC(O[Si](C)(C)C)[SiH2]C=CCC[SiH2]C(O[Si](C)(C)C)O[Si](C)(C)C. The Labute approximate surface area is 184 Å². The minimum absolute atomic E-state index is 0.0463. The molecule has 10 heteroatoms. The predicted octanol–water partition coefficient (Wildman–Crippen LogP) is 4.62. The highest BCUT2D eigenvalue weighted by atomic mass is 28.4. The van der Waals surface area contributed by atoms with E-state index in [-0.39, 0.29) is 11.8 Å². The number of rotatable bonds is 14. The molecule has 28 heavy (non-hydrogen) atoms. The molecule has 0 aromatic heterocycles. The molecule has 0 saturated heterocycles. The van der Waals surface area contributed by atoms with Gasteiger partial charge in [0.2, 0.25) is 0 Å². The van der Waals surface area contributed by atoms with Crippen molar-refractivity contribution in [1.29, 1.82) is 0 Å². The summed E-state index contributed by atoms with van der Waals surface area (Å²) in [7, 11) is -7.20. The van der Waals surface area contributed by atoms with Crippen LogP contribution in [0.4, 0.5) is 0 Å². The second-order valence-electron chi connectivity index (χ2n) is 11.4. The van der Waals surface area contributed by atoms with Crippen LogP contribution >= 0.6 is 0 Å². The number of hydrogen-bond donors (Lipinski definition) is 0. The van der Waals surface area contributed by atoms with E-state index < -0.39 is 52.3 Å². The molecule has 168 valence electrons. The Morgan fingerprint density at radius 3 is 1.32 bits per heavy atom. The van der Waals surface area contributed by atoms with Crippen molar-refractivity contribution in [2.45, 2.75) is 103 Å². The lowest BCUT2D eigenvalue weighted by atomic mass is 10.5. The van der Waals surface area contributed by atoms with Crippen molar-refractivity contribution in [3.05, 3.63) is 11.8 Å². The minimum Gasteiger partial charge on any atom is -0.398 e. The van der Waals surface area contributed by atoms with Crippen LogP contribution in [0.15, 0.2) is 11.8 Å². The van der Waals surface area contributed by atoms with Gasteiger partial charge in [0.25, 0.3) is 0 Å². The molecule has 0 saturated carbocycles. The van der Waals surface area contributed by atoms with Gasteiger partial charge in [-0.3, -0.25) is 0 Å². The van der Waals surface area contributed by atoms with E-state index in [4.69, 9.17) is 17.7 Å². The fraction of sp³-hybridized carbons (Fsp3) is 0.889. The summed E-state index contributed by atoms with van der Waals surface area (Å²) in [4.78, 5) is 0. The van der Waals surface area contributed by atoms with E-state index in [2.05, 4.69) is 90.3 Å². The first kappa shape index (κ1) is 28.9. The monoisotopic (exact) mass is 496 g/mol. The summed E-state index contributed by atoms with van der Waals surface area (Å²) in [6.07, 6.45) is 3.49. The van der Waals surface area contributed by atoms with E-state index in [1.54, 1.807) is 0 Å². The number of allylic oxidation sites excluding steroid dienone is 1. The molecule has 0 unspecified atom stereocenters. The third kappa shape index (κ3) is 20.2. The van der Waals surface area contributed by atoms with Crippen LogP contribution < -0.4 is 0 Å². The first-order valence-electron chi connectivity index (χ1n) is 10.7. The zero-order valence-electron chi connectivity index (χ0n) is 20.8. The topological polar surface area (TPSA) is 36.9 Å². The van der Waals surface area contributed by atoms with Crippen LogP contribution in [0.5, 0.6) is 0 Å². The van der Waals surface area contributed by atoms with E-state index in [0.717, 1.165) is 6.42 Å². The summed E-state index contributed by atoms with van der Waals surface area (Å²) in [6, 6.07) is 1.24. The zero-order valence-corrected chi connectivity index (χ0v) is 27.6. The van der Waals surface area contributed by atoms with Gasteiger partial charge in [-0.15, -0.1) is 0 Å². The molecule has 0 rings (SSSR count). The average Bonchev–Trinajstić information content (AvgIpc) is 2.34. The highest BCUT2D eigenvalue weighted by molar-refractivity contribution is 6.72. The normalized spacial score (nSPS) is 15.5. The Morgan fingerprint density at radius 2 is 0.964 bits per heavy atom. The first-order chi connectivity index (χ1) is 12.4. The molecule has 0 aromatic rings. The summed E-state index contributed by atoms with van der Waals surface area (Å²) in [6.45, 7) is 27.0. The minimum atomic E-state index is -1.58. The van der Waals surface area contributed by atoms with Crippen molar-refractivity contribution < 1.29 is 17.7 Å². The molecule has 0 spiro atoms. The largest absolute Gasteiger partial charge is 0.398 e. The van der Waals surface area contributed by atoms with Gasteiger partial charge in [0, 0.05) is 0 Å². The van der Waals surface area contributed by atoms with E-state index in [1.807, 2.05) is 0 Å². The van der Waals surface area contributed by atoms with E-state index in [9.17, 15) is 0 Å². The Morgan fingerprint density at radius 1 is 0.607 bits per heavy atom. The van der Waals surface area contributed by atoms with Crippen LogP contribution in [0.3, 0.4) is 0 Å². The molecular weight excluding hydrogens is 449 g/mol. The fourth-order valence-corrected chi connectivity index (χ4v) is 15.3. The lowest BCUT2D eigenvalue weighted by Gasteiger charge is -2.31. The molecule has 0 fully saturated rings. The van der Waals surface area contributed by atoms with Gasteiger partial charge in [0.15, 0.2) is 33.3 Å². The molecule has 0 N–H and O–H groups in total. The zero-order chi connectivity index (χ0) is 22.2. The van der Waals surface area contributed by atoms with Crippen LogP contribution in [0.2, 0.25) is 84.6 Å². The average molecular weight is 497 g/mol. The van der Waals surface area contributed by atoms with E-state index in [1.165, 1.54) is 6.04 Å². The quantitative estimate of drug-likeness (QED) is 0.200. The molecule has 0 radical (unpaired) electrons. The van der Waals surface area contributed by atoms with Gasteiger partial charge in [0.05, 0.1) is 9.52 Å². The van der Waals surface area contributed by atoms with Gasteiger partial charge in [0.1, 0.15) is 21.3 Å². The maximum atomic E-state index is 6.34. The molecular formula is C18H48O4Si6. The maximum absolute atomic E-state index is 6.34. The second kappa shape index (κ2) is 12.1. The van der Waals surface area contributed by atoms with Crippen molar-refractivity contribution in [3.8, 4) is 0 Å². The number of hydrogen-bond acceptors (Lipinski definition) is 4. The fourth-order valence-electron chi connectivity index (χ4n) is 2.57. The van der Waals surface area contributed by atoms with Gasteiger partial charge in [-0.25, -0.2) is 0 Å². The Hall–Kier alpha value is 0.881. The Bertz CT molecular complexity index is 429. The Kier molecular flexibility index (Phi) is 12.4. The van der Waals surface area contributed by atoms with Crippen molar-refractivity contribution >= 4 is 52.3 Å². The van der Waals surface area contributed by atoms with Crippen LogP contribution in [0, 0.1) is 0 Å². The second-order valence-corrected chi connectivity index (χ2v) is 32.8. The van der Waals surface area contributed by atoms with Crippen molar-refractivity contribution in [2.24, 2.45) is 0 Å². The van der Waals surface area contributed by atoms with Crippen molar-refractivity contribution in [1.82, 2.24) is 0 Å². The predicted molar refractivity (Wildman–Crippen MR) is 141 cm³/mol. The van der Waals surface area contributed by atoms with E-state index in [0.29, 0.717) is 0 Å². The van der Waals surface area contributed by atoms with Crippen LogP contribution in [0.25, 0.3) is 0 Å². The molecule has 0 amide bonds. The third-order valence-electron chi connectivity index (χ3n) is 3.25. The van der Waals surface area contributed by atoms with Crippen LogP contribution in [-0.4, -0.2) is 64.1 Å². The van der Waals surface area contributed by atoms with Gasteiger partial charge in [-0.1, -0.05) is 17.8 Å². The van der Waals surface area contributed by atoms with Gasteiger partial charge in [-0.2, -0.15) is 0 Å². The molecule has 0 atom stereocenters. The van der Waals surface area contributed by atoms with Crippen LogP contribution in [0.1, 0.15) is 6.42 Å². The summed E-state index contributed by atoms with van der Waals surface area (Å²) < 4.78 is 25.3. The standard InChI is InChI=1S/C18H48O4Si6/c1-25(2,3)19-17(20-26(4,5)6)23-15-13-14-16-24-18(21-27(7,8)9)22-28(10,11)12/h13,15,17-18H,14,16,23-24H2,1-12H3. The molecule has 0 bridgehead atoms. The Balaban J connectivity index is 4.53. The summed E-state index contributed by atoms with van der Waals surface area (Å²) in [5.74, 6) is 0.146. The van der Waals surface area contributed by atoms with Crippen LogP contribution in [-0.2, 0) is 17.7 Å². The third-order valence-corrected chi connectivity index (χ3v) is 11.4. The lowest BCUT2D eigenvalue weighted by Crippen LogP contribution is -2.43. The molecule has 0 heterocycles. The summed E-state index contributed by atoms with van der Waals surface area (Å²) in [5, 5.41) is 0. The van der Waals surface area contributed by atoms with Crippen molar-refractivity contribution in [2.75, 3.05) is 0 Å². The lowest BCUT2D eigenvalue weighted by molar-refractivity contribution is 0.0602. The molecule has 0 aliphatic carbocycles.